The molecule has 0 saturated carbocycles. The molecule has 1 aliphatic rings. The van der Waals surface area contributed by atoms with Gasteiger partial charge in [-0.2, -0.15) is 0 Å². The normalized spacial score (nSPS) is 14.9. The average Bonchev–Trinajstić information content (AvgIpc) is 3.35. The molecule has 0 bridgehead atoms. The molecule has 31 heavy (non-hydrogen) atoms. The molecular formula is C23H32N4O4. The van der Waals surface area contributed by atoms with E-state index in [1.54, 1.807) is 19.2 Å². The first-order valence-electron chi connectivity index (χ1n) is 10.8. The van der Waals surface area contributed by atoms with Crippen molar-refractivity contribution in [3.8, 4) is 0 Å². The molecule has 0 spiro atoms. The van der Waals surface area contributed by atoms with Crippen LogP contribution in [-0.2, 0) is 16.0 Å². The Morgan fingerprint density at radius 3 is 2.68 bits per heavy atom. The molecule has 1 aromatic heterocycles. The van der Waals surface area contributed by atoms with Crippen LogP contribution in [0.5, 0.6) is 0 Å². The molecule has 2 heterocycles. The second-order valence-corrected chi connectivity index (χ2v) is 7.47. The summed E-state index contributed by atoms with van der Waals surface area (Å²) >= 11 is 0. The Balaban J connectivity index is 1.29. The van der Waals surface area contributed by atoms with E-state index in [4.69, 9.17) is 13.9 Å². The highest BCUT2D eigenvalue weighted by molar-refractivity contribution is 6.02. The second-order valence-electron chi connectivity index (χ2n) is 7.47. The first-order valence-corrected chi connectivity index (χ1v) is 10.8. The fraction of sp³-hybridized carbons (Fsp3) is 0.478. The Hall–Kier alpha value is -2.84. The standard InChI is InChI=1S/C23H32N4O4/c1-24-23(25-11-3-12-30-17-19-9-14-29-15-10-19)26-16-18-5-7-20(8-6-18)27-22(28)21-4-2-13-31-21/h2,4-8,13,19H,3,9-12,14-17H2,1H3,(H,27,28)(H2,24,25,26). The quantitative estimate of drug-likeness (QED) is 0.306. The predicted molar refractivity (Wildman–Crippen MR) is 120 cm³/mol. The predicted octanol–water partition coefficient (Wildman–Crippen LogP) is 3.03. The van der Waals surface area contributed by atoms with E-state index in [0.29, 0.717) is 18.2 Å². The zero-order valence-electron chi connectivity index (χ0n) is 18.1. The number of guanidine groups is 1. The maximum Gasteiger partial charge on any atom is 0.291 e. The third kappa shape index (κ3) is 8.07. The number of carbonyl (C=O) groups is 1. The van der Waals surface area contributed by atoms with E-state index in [1.165, 1.54) is 6.26 Å². The minimum Gasteiger partial charge on any atom is -0.459 e. The molecule has 8 heteroatoms. The van der Waals surface area contributed by atoms with Crippen LogP contribution in [0.25, 0.3) is 0 Å². The van der Waals surface area contributed by atoms with E-state index < -0.39 is 0 Å². The minimum atomic E-state index is -0.266. The number of rotatable bonds is 10. The number of hydrogen-bond donors (Lipinski definition) is 3. The third-order valence-electron chi connectivity index (χ3n) is 5.09. The number of benzene rings is 1. The van der Waals surface area contributed by atoms with Crippen molar-refractivity contribution < 1.29 is 18.7 Å². The van der Waals surface area contributed by atoms with Gasteiger partial charge >= 0.3 is 0 Å². The number of nitrogens with one attached hydrogen (secondary N) is 3. The number of aliphatic imine (C=N–C) groups is 1. The second kappa shape index (κ2) is 12.8. The molecule has 8 nitrogen and oxygen atoms in total. The van der Waals surface area contributed by atoms with Crippen molar-refractivity contribution in [2.24, 2.45) is 10.9 Å². The van der Waals surface area contributed by atoms with Crippen LogP contribution in [0.2, 0.25) is 0 Å². The summed E-state index contributed by atoms with van der Waals surface area (Å²) in [6.45, 7) is 4.72. The number of nitrogens with zero attached hydrogens (tertiary/aromatic N) is 1. The van der Waals surface area contributed by atoms with Gasteiger partial charge in [-0.1, -0.05) is 12.1 Å². The lowest BCUT2D eigenvalue weighted by Gasteiger charge is -2.21. The van der Waals surface area contributed by atoms with Gasteiger partial charge in [-0.05, 0) is 55.0 Å². The van der Waals surface area contributed by atoms with Crippen LogP contribution in [-0.4, -0.2) is 51.9 Å². The van der Waals surface area contributed by atoms with Crippen LogP contribution >= 0.6 is 0 Å². The number of furan rings is 1. The molecule has 1 aromatic carbocycles. The van der Waals surface area contributed by atoms with Gasteiger partial charge in [0.05, 0.1) is 6.26 Å². The first kappa shape index (κ1) is 22.8. The van der Waals surface area contributed by atoms with Gasteiger partial charge in [-0.3, -0.25) is 9.79 Å². The van der Waals surface area contributed by atoms with E-state index in [2.05, 4.69) is 20.9 Å². The zero-order valence-corrected chi connectivity index (χ0v) is 18.1. The molecule has 2 aromatic rings. The Kier molecular flexibility index (Phi) is 9.40. The lowest BCUT2D eigenvalue weighted by atomic mass is 10.0. The first-order chi connectivity index (χ1) is 15.2. The maximum atomic E-state index is 12.0. The topological polar surface area (TPSA) is 97.1 Å². The van der Waals surface area contributed by atoms with Gasteiger partial charge in [0.25, 0.3) is 5.91 Å². The maximum absolute atomic E-state index is 12.0. The van der Waals surface area contributed by atoms with Crippen molar-refractivity contribution in [2.45, 2.75) is 25.8 Å². The van der Waals surface area contributed by atoms with Gasteiger partial charge in [0.2, 0.25) is 0 Å². The molecule has 1 fully saturated rings. The summed E-state index contributed by atoms with van der Waals surface area (Å²) in [5, 5.41) is 9.40. The molecule has 1 amide bonds. The van der Waals surface area contributed by atoms with Gasteiger partial charge in [-0.25, -0.2) is 0 Å². The van der Waals surface area contributed by atoms with E-state index >= 15 is 0 Å². The van der Waals surface area contributed by atoms with Crippen molar-refractivity contribution >= 4 is 17.6 Å². The van der Waals surface area contributed by atoms with Crippen molar-refractivity contribution in [2.75, 3.05) is 45.3 Å². The van der Waals surface area contributed by atoms with Crippen molar-refractivity contribution in [1.82, 2.24) is 10.6 Å². The number of carbonyl (C=O) groups excluding carboxylic acids is 1. The molecular weight excluding hydrogens is 396 g/mol. The molecule has 0 radical (unpaired) electrons. The highest BCUT2D eigenvalue weighted by Gasteiger charge is 2.13. The van der Waals surface area contributed by atoms with E-state index in [9.17, 15) is 4.79 Å². The fourth-order valence-electron chi connectivity index (χ4n) is 3.26. The van der Waals surface area contributed by atoms with Crippen molar-refractivity contribution in [3.05, 3.63) is 54.0 Å². The highest BCUT2D eigenvalue weighted by atomic mass is 16.5. The summed E-state index contributed by atoms with van der Waals surface area (Å²) in [4.78, 5) is 16.3. The number of ether oxygens (including phenoxy) is 2. The van der Waals surface area contributed by atoms with Crippen molar-refractivity contribution in [3.63, 3.8) is 0 Å². The summed E-state index contributed by atoms with van der Waals surface area (Å²) in [5.74, 6) is 1.41. The zero-order chi connectivity index (χ0) is 21.7. The Morgan fingerprint density at radius 1 is 1.16 bits per heavy atom. The lowest BCUT2D eigenvalue weighted by molar-refractivity contribution is 0.0203. The molecule has 1 aliphatic heterocycles. The summed E-state index contributed by atoms with van der Waals surface area (Å²) in [6, 6.07) is 11.0. The van der Waals surface area contributed by atoms with Crippen LogP contribution < -0.4 is 16.0 Å². The van der Waals surface area contributed by atoms with Crippen LogP contribution in [0.1, 0.15) is 35.4 Å². The van der Waals surface area contributed by atoms with Crippen LogP contribution in [0.4, 0.5) is 5.69 Å². The van der Waals surface area contributed by atoms with Crippen LogP contribution in [0, 0.1) is 5.92 Å². The van der Waals surface area contributed by atoms with Gasteiger partial charge in [0.15, 0.2) is 11.7 Å². The minimum absolute atomic E-state index is 0.266. The Labute approximate surface area is 183 Å². The van der Waals surface area contributed by atoms with Crippen molar-refractivity contribution in [1.29, 1.82) is 0 Å². The largest absolute Gasteiger partial charge is 0.459 e. The number of amides is 1. The Bertz CT molecular complexity index is 799. The fourth-order valence-corrected chi connectivity index (χ4v) is 3.26. The molecule has 0 atom stereocenters. The molecule has 0 aliphatic carbocycles. The van der Waals surface area contributed by atoms with Gasteiger partial charge in [0, 0.05) is 52.3 Å². The summed E-state index contributed by atoms with van der Waals surface area (Å²) < 4.78 is 16.3. The summed E-state index contributed by atoms with van der Waals surface area (Å²) in [6.07, 6.45) is 4.61. The van der Waals surface area contributed by atoms with Crippen LogP contribution in [0.3, 0.4) is 0 Å². The third-order valence-corrected chi connectivity index (χ3v) is 5.09. The summed E-state index contributed by atoms with van der Waals surface area (Å²) in [7, 11) is 1.75. The molecule has 0 unspecified atom stereocenters. The van der Waals surface area contributed by atoms with Gasteiger partial charge < -0.3 is 29.8 Å². The molecule has 3 N–H and O–H groups in total. The van der Waals surface area contributed by atoms with E-state index in [1.807, 2.05) is 24.3 Å². The molecule has 3 rings (SSSR count). The highest BCUT2D eigenvalue weighted by Crippen LogP contribution is 2.14. The Morgan fingerprint density at radius 2 is 1.97 bits per heavy atom. The van der Waals surface area contributed by atoms with Crippen LogP contribution in [0.15, 0.2) is 52.1 Å². The molecule has 1 saturated heterocycles. The van der Waals surface area contributed by atoms with Gasteiger partial charge in [-0.15, -0.1) is 0 Å². The monoisotopic (exact) mass is 428 g/mol. The lowest BCUT2D eigenvalue weighted by Crippen LogP contribution is -2.37. The SMILES string of the molecule is CN=C(NCCCOCC1CCOCC1)NCc1ccc(NC(=O)c2ccco2)cc1. The smallest absolute Gasteiger partial charge is 0.291 e. The number of hydrogen-bond acceptors (Lipinski definition) is 5. The van der Waals surface area contributed by atoms with E-state index in [-0.39, 0.29) is 11.7 Å². The van der Waals surface area contributed by atoms with E-state index in [0.717, 1.165) is 63.8 Å². The number of anilines is 1. The van der Waals surface area contributed by atoms with Gasteiger partial charge in [0.1, 0.15) is 0 Å². The molecule has 168 valence electrons. The average molecular weight is 429 g/mol. The summed E-state index contributed by atoms with van der Waals surface area (Å²) in [5.41, 5.74) is 1.80.